The summed E-state index contributed by atoms with van der Waals surface area (Å²) in [5.41, 5.74) is 0. The summed E-state index contributed by atoms with van der Waals surface area (Å²) in [6.45, 7) is 6.99. The molecular formula is C22H29NO4Si. The molecule has 1 aliphatic rings. The van der Waals surface area contributed by atoms with Crippen LogP contribution in [0.3, 0.4) is 0 Å². The number of nitrogens with zero attached hydrogens (tertiary/aromatic N) is 1. The van der Waals surface area contributed by atoms with Crippen molar-refractivity contribution >= 4 is 24.8 Å². The number of benzene rings is 2. The van der Waals surface area contributed by atoms with E-state index in [4.69, 9.17) is 4.43 Å². The first-order chi connectivity index (χ1) is 13.3. The number of amides is 1. The lowest BCUT2D eigenvalue weighted by atomic mass is 10.2. The number of carboxylic acid groups (broad SMARTS) is 1. The minimum absolute atomic E-state index is 0.143. The lowest BCUT2D eigenvalue weighted by Crippen LogP contribution is -2.67. The predicted molar refractivity (Wildman–Crippen MR) is 113 cm³/mol. The Morgan fingerprint density at radius 3 is 2.00 bits per heavy atom. The van der Waals surface area contributed by atoms with E-state index in [0.717, 1.165) is 10.4 Å². The van der Waals surface area contributed by atoms with Crippen LogP contribution in [-0.2, 0) is 4.43 Å². The van der Waals surface area contributed by atoms with E-state index in [1.165, 1.54) is 4.90 Å². The van der Waals surface area contributed by atoms with E-state index in [9.17, 15) is 15.0 Å². The van der Waals surface area contributed by atoms with Crippen LogP contribution < -0.4 is 10.4 Å². The third-order valence-corrected chi connectivity index (χ3v) is 10.6. The zero-order valence-corrected chi connectivity index (χ0v) is 17.7. The Balaban J connectivity index is 2.03. The summed E-state index contributed by atoms with van der Waals surface area (Å²) < 4.78 is 6.80. The van der Waals surface area contributed by atoms with Gasteiger partial charge in [0.15, 0.2) is 0 Å². The normalized spacial score (nSPS) is 20.4. The molecule has 3 rings (SSSR count). The Morgan fingerprint density at radius 2 is 1.57 bits per heavy atom. The number of aliphatic hydroxyl groups is 1. The minimum Gasteiger partial charge on any atom is -0.465 e. The van der Waals surface area contributed by atoms with Crippen molar-refractivity contribution in [1.29, 1.82) is 0 Å². The Bertz CT molecular complexity index is 752. The number of β-amino-alcohol motifs (C(OH)–C–C–N with tert-alkyl or cyclic N) is 1. The lowest BCUT2D eigenvalue weighted by Gasteiger charge is -2.43. The van der Waals surface area contributed by atoms with E-state index in [2.05, 4.69) is 45.0 Å². The molecule has 6 heteroatoms. The Morgan fingerprint density at radius 1 is 1.07 bits per heavy atom. The number of hydrogen-bond donors (Lipinski definition) is 2. The molecule has 1 saturated heterocycles. The van der Waals surface area contributed by atoms with Gasteiger partial charge in [0.25, 0.3) is 8.32 Å². The molecule has 0 spiro atoms. The fourth-order valence-electron chi connectivity index (χ4n) is 4.27. The van der Waals surface area contributed by atoms with Gasteiger partial charge >= 0.3 is 6.09 Å². The van der Waals surface area contributed by atoms with Crippen LogP contribution in [0.15, 0.2) is 60.7 Å². The second-order valence-corrected chi connectivity index (χ2v) is 12.8. The third kappa shape index (κ3) is 3.85. The van der Waals surface area contributed by atoms with Crippen LogP contribution >= 0.6 is 0 Å². The van der Waals surface area contributed by atoms with E-state index in [0.29, 0.717) is 6.42 Å². The van der Waals surface area contributed by atoms with Gasteiger partial charge in [-0.3, -0.25) is 0 Å². The number of likely N-dealkylation sites (tertiary alicyclic amines) is 1. The first-order valence-corrected chi connectivity index (χ1v) is 11.6. The molecule has 0 aliphatic carbocycles. The van der Waals surface area contributed by atoms with Gasteiger partial charge in [-0.1, -0.05) is 81.4 Å². The molecule has 2 aromatic rings. The van der Waals surface area contributed by atoms with Gasteiger partial charge in [-0.15, -0.1) is 0 Å². The third-order valence-electron chi connectivity index (χ3n) is 5.55. The highest BCUT2D eigenvalue weighted by Crippen LogP contribution is 2.37. The molecule has 150 valence electrons. The molecular weight excluding hydrogens is 370 g/mol. The fraction of sp³-hybridized carbons (Fsp3) is 0.409. The summed E-state index contributed by atoms with van der Waals surface area (Å²) in [6, 6.07) is 20.2. The van der Waals surface area contributed by atoms with E-state index in [-0.39, 0.29) is 24.2 Å². The van der Waals surface area contributed by atoms with E-state index in [1.807, 2.05) is 36.4 Å². The average molecular weight is 400 g/mol. The summed E-state index contributed by atoms with van der Waals surface area (Å²) in [7, 11) is -2.70. The maximum atomic E-state index is 11.6. The Kier molecular flexibility index (Phi) is 5.93. The Hall–Kier alpha value is -2.15. The van der Waals surface area contributed by atoms with Gasteiger partial charge in [0, 0.05) is 0 Å². The molecule has 1 aliphatic heterocycles. The van der Waals surface area contributed by atoms with Crippen molar-refractivity contribution in [3.05, 3.63) is 60.7 Å². The maximum Gasteiger partial charge on any atom is 0.407 e. The van der Waals surface area contributed by atoms with Gasteiger partial charge in [-0.25, -0.2) is 4.79 Å². The molecule has 0 saturated carbocycles. The second kappa shape index (κ2) is 8.07. The van der Waals surface area contributed by atoms with E-state index < -0.39 is 20.5 Å². The average Bonchev–Trinajstić information content (AvgIpc) is 3.04. The first kappa shape index (κ1) is 20.6. The summed E-state index contributed by atoms with van der Waals surface area (Å²) in [5, 5.41) is 21.6. The molecule has 1 heterocycles. The van der Waals surface area contributed by atoms with Crippen LogP contribution in [0.25, 0.3) is 0 Å². The van der Waals surface area contributed by atoms with Crippen LogP contribution in [0.1, 0.15) is 27.2 Å². The van der Waals surface area contributed by atoms with Gasteiger partial charge in [-0.05, 0) is 21.8 Å². The topological polar surface area (TPSA) is 70.0 Å². The zero-order valence-electron chi connectivity index (χ0n) is 16.7. The highest BCUT2D eigenvalue weighted by atomic mass is 28.4. The van der Waals surface area contributed by atoms with Crippen molar-refractivity contribution in [3.63, 3.8) is 0 Å². The summed E-state index contributed by atoms with van der Waals surface area (Å²) in [5.74, 6) is 0. The summed E-state index contributed by atoms with van der Waals surface area (Å²) in [4.78, 5) is 12.9. The van der Waals surface area contributed by atoms with Crippen molar-refractivity contribution in [1.82, 2.24) is 4.90 Å². The largest absolute Gasteiger partial charge is 0.465 e. The number of rotatable bonds is 5. The predicted octanol–water partition coefficient (Wildman–Crippen LogP) is 2.68. The number of aliphatic hydroxyl groups excluding tert-OH is 1. The summed E-state index contributed by atoms with van der Waals surface area (Å²) in [6.07, 6.45) is -1.23. The van der Waals surface area contributed by atoms with Crippen LogP contribution in [-0.4, -0.2) is 54.8 Å². The monoisotopic (exact) mass is 399 g/mol. The molecule has 0 unspecified atom stereocenters. The molecule has 2 atom stereocenters. The van der Waals surface area contributed by atoms with Gasteiger partial charge in [0.05, 0.1) is 25.3 Å². The lowest BCUT2D eigenvalue weighted by molar-refractivity contribution is 0.118. The standard InChI is InChI=1S/C22H29NO4Si/c1-22(2,3)28(19-10-6-4-7-11-19,20-12-8-5-9-13-20)27-16-17-14-18(24)15-23(17)21(25)26/h4-13,17-18,24H,14-16H2,1-3H3,(H,25,26)/t17-,18-/m1/s1. The number of carbonyl (C=O) groups is 1. The van der Waals surface area contributed by atoms with Crippen molar-refractivity contribution in [2.45, 2.75) is 44.4 Å². The van der Waals surface area contributed by atoms with Gasteiger partial charge in [0.2, 0.25) is 0 Å². The molecule has 5 nitrogen and oxygen atoms in total. The van der Waals surface area contributed by atoms with Crippen LogP contribution in [0.5, 0.6) is 0 Å². The van der Waals surface area contributed by atoms with Crippen molar-refractivity contribution in [2.75, 3.05) is 13.2 Å². The van der Waals surface area contributed by atoms with Crippen LogP contribution in [0.4, 0.5) is 4.79 Å². The fourth-order valence-corrected chi connectivity index (χ4v) is 8.86. The molecule has 0 radical (unpaired) electrons. The van der Waals surface area contributed by atoms with Gasteiger partial charge in [-0.2, -0.15) is 0 Å². The molecule has 0 aromatic heterocycles. The zero-order chi connectivity index (χ0) is 20.4. The van der Waals surface area contributed by atoms with Gasteiger partial charge < -0.3 is 19.5 Å². The smallest absolute Gasteiger partial charge is 0.407 e. The van der Waals surface area contributed by atoms with E-state index in [1.54, 1.807) is 0 Å². The van der Waals surface area contributed by atoms with Crippen molar-refractivity contribution in [3.8, 4) is 0 Å². The van der Waals surface area contributed by atoms with Crippen LogP contribution in [0.2, 0.25) is 5.04 Å². The second-order valence-electron chi connectivity index (χ2n) is 8.45. The number of hydrogen-bond acceptors (Lipinski definition) is 3. The van der Waals surface area contributed by atoms with Crippen molar-refractivity contribution in [2.24, 2.45) is 0 Å². The van der Waals surface area contributed by atoms with Crippen molar-refractivity contribution < 1.29 is 19.4 Å². The minimum atomic E-state index is -2.70. The highest BCUT2D eigenvalue weighted by Gasteiger charge is 2.51. The SMILES string of the molecule is CC(C)(C)[Si](OC[C@H]1C[C@@H](O)CN1C(=O)O)(c1ccccc1)c1ccccc1. The first-order valence-electron chi connectivity index (χ1n) is 9.68. The molecule has 2 aromatic carbocycles. The Labute approximate surface area is 167 Å². The summed E-state index contributed by atoms with van der Waals surface area (Å²) >= 11 is 0. The molecule has 1 amide bonds. The quantitative estimate of drug-likeness (QED) is 0.759. The molecule has 0 bridgehead atoms. The van der Waals surface area contributed by atoms with Gasteiger partial charge in [0.1, 0.15) is 0 Å². The molecule has 2 N–H and O–H groups in total. The van der Waals surface area contributed by atoms with E-state index >= 15 is 0 Å². The van der Waals surface area contributed by atoms with Crippen LogP contribution in [0, 0.1) is 0 Å². The highest BCUT2D eigenvalue weighted by molar-refractivity contribution is 6.99. The molecule has 28 heavy (non-hydrogen) atoms. The molecule has 1 fully saturated rings. The maximum absolute atomic E-state index is 11.6.